The maximum Gasteiger partial charge on any atom is 0.258 e. The first-order valence-corrected chi connectivity index (χ1v) is 13.4. The lowest BCUT2D eigenvalue weighted by atomic mass is 9.89. The van der Waals surface area contributed by atoms with Crippen LogP contribution < -0.4 is 10.4 Å². The minimum atomic E-state index is -3.08. The van der Waals surface area contributed by atoms with Crippen LogP contribution in [0.1, 0.15) is 40.5 Å². The second-order valence-electron chi connectivity index (χ2n) is 10.9. The Morgan fingerprint density at radius 2 is 1.52 bits per heavy atom. The average molecular weight is 439 g/mol. The number of aliphatic hydroxyl groups is 1. The Balaban J connectivity index is 1.53. The molecule has 5 heteroatoms. The molecule has 2 saturated carbocycles. The van der Waals surface area contributed by atoms with E-state index in [2.05, 4.69) is 38.1 Å². The Morgan fingerprint density at radius 3 is 2.03 bits per heavy atom. The van der Waals surface area contributed by atoms with E-state index in [9.17, 15) is 9.90 Å². The van der Waals surface area contributed by atoms with Crippen molar-refractivity contribution >= 4 is 18.7 Å². The Labute approximate surface area is 186 Å². The SMILES string of the molecule is CC1(C)O[C@H]2[C@@H](CC(C)(C)[Si](O)(c3ccccc3)c3ccccc3)[C@H]3C[C@]3(CO)[C@H]2O1. The third kappa shape index (κ3) is 3.09. The molecule has 0 bridgehead atoms. The maximum absolute atomic E-state index is 12.5. The van der Waals surface area contributed by atoms with E-state index >= 15 is 0 Å². The van der Waals surface area contributed by atoms with Crippen molar-refractivity contribution in [2.75, 3.05) is 6.61 Å². The summed E-state index contributed by atoms with van der Waals surface area (Å²) in [7, 11) is -3.08. The van der Waals surface area contributed by atoms with Gasteiger partial charge in [-0.2, -0.15) is 0 Å². The topological polar surface area (TPSA) is 58.9 Å². The average Bonchev–Trinajstić information content (AvgIpc) is 3.34. The van der Waals surface area contributed by atoms with Gasteiger partial charge in [-0.1, -0.05) is 74.5 Å². The lowest BCUT2D eigenvalue weighted by molar-refractivity contribution is -0.164. The van der Waals surface area contributed by atoms with E-state index in [1.807, 2.05) is 50.2 Å². The highest BCUT2D eigenvalue weighted by Crippen LogP contribution is 2.71. The van der Waals surface area contributed by atoms with E-state index in [0.29, 0.717) is 5.92 Å². The first-order chi connectivity index (χ1) is 14.6. The lowest BCUT2D eigenvalue weighted by Gasteiger charge is -2.43. The van der Waals surface area contributed by atoms with Crippen LogP contribution in [-0.4, -0.2) is 42.8 Å². The van der Waals surface area contributed by atoms with Crippen LogP contribution in [-0.2, 0) is 9.47 Å². The number of ether oxygens (including phenoxy) is 2. The van der Waals surface area contributed by atoms with Crippen LogP contribution in [0.3, 0.4) is 0 Å². The second-order valence-corrected chi connectivity index (χ2v) is 14.8. The third-order valence-corrected chi connectivity index (χ3v) is 12.7. The first-order valence-electron chi connectivity index (χ1n) is 11.4. The maximum atomic E-state index is 12.5. The zero-order valence-electron chi connectivity index (χ0n) is 18.9. The minimum Gasteiger partial charge on any atom is -0.424 e. The Morgan fingerprint density at radius 1 is 0.968 bits per heavy atom. The van der Waals surface area contributed by atoms with E-state index < -0.39 is 14.1 Å². The molecule has 1 heterocycles. The summed E-state index contributed by atoms with van der Waals surface area (Å²) in [5.74, 6) is 0.0353. The van der Waals surface area contributed by atoms with Gasteiger partial charge in [0.2, 0.25) is 0 Å². The number of aliphatic hydroxyl groups excluding tert-OH is 1. The predicted octanol–water partition coefficient (Wildman–Crippen LogP) is 3.06. The van der Waals surface area contributed by atoms with Crippen molar-refractivity contribution in [1.29, 1.82) is 0 Å². The Hall–Kier alpha value is -1.50. The van der Waals surface area contributed by atoms with Crippen LogP contribution >= 0.6 is 0 Å². The molecule has 31 heavy (non-hydrogen) atoms. The number of rotatable bonds is 6. The predicted molar refractivity (Wildman–Crippen MR) is 124 cm³/mol. The molecular formula is C26H34O4Si. The van der Waals surface area contributed by atoms with E-state index in [1.54, 1.807) is 0 Å². The quantitative estimate of drug-likeness (QED) is 0.681. The summed E-state index contributed by atoms with van der Waals surface area (Å²) in [4.78, 5) is 12.5. The van der Waals surface area contributed by atoms with Crippen molar-refractivity contribution in [3.63, 3.8) is 0 Å². The zero-order chi connectivity index (χ0) is 22.1. The van der Waals surface area contributed by atoms with E-state index in [1.165, 1.54) is 0 Å². The van der Waals surface area contributed by atoms with Gasteiger partial charge in [-0.15, -0.1) is 0 Å². The Kier molecular flexibility index (Phi) is 4.82. The fraction of sp³-hybridized carbons (Fsp3) is 0.538. The van der Waals surface area contributed by atoms with Crippen LogP contribution in [0, 0.1) is 17.3 Å². The zero-order valence-corrected chi connectivity index (χ0v) is 19.9. The summed E-state index contributed by atoms with van der Waals surface area (Å²) in [6.45, 7) is 8.52. The highest BCUT2D eigenvalue weighted by atomic mass is 28.4. The van der Waals surface area contributed by atoms with Gasteiger partial charge in [-0.3, -0.25) is 0 Å². The molecule has 5 atom stereocenters. The number of benzene rings is 2. The molecule has 166 valence electrons. The molecule has 2 aromatic carbocycles. The molecular weight excluding hydrogens is 404 g/mol. The van der Waals surface area contributed by atoms with Crippen molar-refractivity contribution in [3.05, 3.63) is 60.7 Å². The largest absolute Gasteiger partial charge is 0.424 e. The minimum absolute atomic E-state index is 0.0232. The number of fused-ring (bicyclic) bond motifs is 3. The molecule has 2 aliphatic carbocycles. The number of hydrogen-bond acceptors (Lipinski definition) is 4. The molecule has 1 saturated heterocycles. The molecule has 0 radical (unpaired) electrons. The second kappa shape index (κ2) is 7.00. The lowest BCUT2D eigenvalue weighted by Crippen LogP contribution is -2.65. The van der Waals surface area contributed by atoms with Gasteiger partial charge in [-0.25, -0.2) is 0 Å². The van der Waals surface area contributed by atoms with Gasteiger partial charge in [0.1, 0.15) is 0 Å². The summed E-state index contributed by atoms with van der Waals surface area (Å²) in [6.07, 6.45) is 1.75. The summed E-state index contributed by atoms with van der Waals surface area (Å²) in [5.41, 5.74) is -0.168. The van der Waals surface area contributed by atoms with Crippen molar-refractivity contribution < 1.29 is 19.4 Å². The molecule has 3 fully saturated rings. The molecule has 5 rings (SSSR count). The first kappa shape index (κ1) is 21.3. The standard InChI is InChI=1S/C26H34O4Si/c1-24(2,31(28,18-11-7-5-8-12-18)19-13-9-6-10-14-19)15-20-21-16-26(21,17-27)23-22(20)29-25(3,4)30-23/h5-14,20-23,27-28H,15-17H2,1-4H3/t20-,21+,22-,23-,26+/m0/s1. The fourth-order valence-corrected chi connectivity index (χ4v) is 10.4. The molecule has 0 unspecified atom stereocenters. The number of hydrogen-bond donors (Lipinski definition) is 2. The van der Waals surface area contributed by atoms with Gasteiger partial charge in [-0.05, 0) is 53.9 Å². The highest BCUT2D eigenvalue weighted by molar-refractivity contribution is 6.98. The van der Waals surface area contributed by atoms with Crippen molar-refractivity contribution in [2.45, 2.75) is 63.6 Å². The normalized spacial score (nSPS) is 33.7. The Bertz CT molecular complexity index is 905. The fourth-order valence-electron chi connectivity index (χ4n) is 6.60. The summed E-state index contributed by atoms with van der Waals surface area (Å²) in [5, 5.41) is 12.0. The molecule has 2 aromatic rings. The molecule has 0 amide bonds. The molecule has 0 spiro atoms. The van der Waals surface area contributed by atoms with Gasteiger partial charge in [0.05, 0.1) is 18.8 Å². The molecule has 0 aromatic heterocycles. The van der Waals surface area contributed by atoms with Gasteiger partial charge in [0, 0.05) is 5.41 Å². The van der Waals surface area contributed by atoms with Crippen LogP contribution in [0.4, 0.5) is 0 Å². The third-order valence-electron chi connectivity index (χ3n) is 8.22. The van der Waals surface area contributed by atoms with Crippen molar-refractivity contribution in [3.8, 4) is 0 Å². The summed E-state index contributed by atoms with van der Waals surface area (Å²) < 4.78 is 12.7. The molecule has 2 N–H and O–H groups in total. The molecule has 1 aliphatic heterocycles. The van der Waals surface area contributed by atoms with Crippen LogP contribution in [0.5, 0.6) is 0 Å². The van der Waals surface area contributed by atoms with Gasteiger partial charge >= 0.3 is 0 Å². The van der Waals surface area contributed by atoms with Gasteiger partial charge < -0.3 is 19.4 Å². The van der Waals surface area contributed by atoms with E-state index in [-0.39, 0.29) is 35.2 Å². The van der Waals surface area contributed by atoms with E-state index in [4.69, 9.17) is 9.47 Å². The van der Waals surface area contributed by atoms with Crippen LogP contribution in [0.15, 0.2) is 60.7 Å². The van der Waals surface area contributed by atoms with E-state index in [0.717, 1.165) is 23.2 Å². The highest BCUT2D eigenvalue weighted by Gasteiger charge is 2.75. The van der Waals surface area contributed by atoms with Crippen LogP contribution in [0.25, 0.3) is 0 Å². The molecule has 4 nitrogen and oxygen atoms in total. The van der Waals surface area contributed by atoms with Gasteiger partial charge in [0.25, 0.3) is 8.32 Å². The summed E-state index contributed by atoms with van der Waals surface area (Å²) in [6, 6.07) is 20.4. The van der Waals surface area contributed by atoms with Gasteiger partial charge in [0.15, 0.2) is 5.79 Å². The van der Waals surface area contributed by atoms with Crippen LogP contribution in [0.2, 0.25) is 5.04 Å². The monoisotopic (exact) mass is 438 g/mol. The molecule has 3 aliphatic rings. The van der Waals surface area contributed by atoms with Crippen molar-refractivity contribution in [1.82, 2.24) is 0 Å². The smallest absolute Gasteiger partial charge is 0.258 e. The summed E-state index contributed by atoms with van der Waals surface area (Å²) >= 11 is 0. The van der Waals surface area contributed by atoms with Crippen molar-refractivity contribution in [2.24, 2.45) is 17.3 Å².